The Kier molecular flexibility index (Phi) is 3.30. The molecule has 2 nitrogen and oxygen atoms in total. The first-order valence-electron chi connectivity index (χ1n) is 6.57. The van der Waals surface area contributed by atoms with Crippen molar-refractivity contribution in [1.29, 1.82) is 0 Å². The largest absolute Gasteiger partial charge is 0.497 e. The second-order valence-electron chi connectivity index (χ2n) is 4.80. The lowest BCUT2D eigenvalue weighted by atomic mass is 10.2. The van der Waals surface area contributed by atoms with Gasteiger partial charge >= 0.3 is 0 Å². The summed E-state index contributed by atoms with van der Waals surface area (Å²) in [4.78, 5) is 0. The fraction of sp³-hybridized carbons (Fsp3) is 0.111. The molecule has 0 N–H and O–H groups in total. The van der Waals surface area contributed by atoms with Crippen molar-refractivity contribution in [2.24, 2.45) is 0 Å². The van der Waals surface area contributed by atoms with E-state index in [1.165, 1.54) is 5.56 Å². The average Bonchev–Trinajstić information content (AvgIpc) is 2.87. The summed E-state index contributed by atoms with van der Waals surface area (Å²) in [6, 6.07) is 16.2. The molecule has 2 heteroatoms. The van der Waals surface area contributed by atoms with E-state index in [9.17, 15) is 0 Å². The SMILES string of the molecule is COc1ccc(/C=C/c2cc3ccc(C)cc3o2)cc1. The Balaban J connectivity index is 1.85. The first kappa shape index (κ1) is 12.5. The maximum atomic E-state index is 5.80. The molecule has 100 valence electrons. The molecule has 0 fully saturated rings. The van der Waals surface area contributed by atoms with E-state index in [1.54, 1.807) is 7.11 Å². The van der Waals surface area contributed by atoms with Gasteiger partial charge in [-0.1, -0.05) is 30.3 Å². The Labute approximate surface area is 118 Å². The molecule has 0 aliphatic heterocycles. The van der Waals surface area contributed by atoms with Crippen LogP contribution in [0, 0.1) is 6.92 Å². The molecule has 0 radical (unpaired) electrons. The van der Waals surface area contributed by atoms with E-state index in [0.717, 1.165) is 28.0 Å². The quantitative estimate of drug-likeness (QED) is 0.670. The molecule has 0 aliphatic rings. The minimum absolute atomic E-state index is 0.862. The molecule has 1 heterocycles. The average molecular weight is 264 g/mol. The molecule has 0 aliphatic carbocycles. The van der Waals surface area contributed by atoms with Gasteiger partial charge in [-0.25, -0.2) is 0 Å². The first-order valence-corrected chi connectivity index (χ1v) is 6.57. The molecule has 1 aromatic heterocycles. The number of furan rings is 1. The van der Waals surface area contributed by atoms with Crippen LogP contribution in [0.5, 0.6) is 5.75 Å². The van der Waals surface area contributed by atoms with E-state index >= 15 is 0 Å². The van der Waals surface area contributed by atoms with Crippen LogP contribution in [0.15, 0.2) is 52.9 Å². The van der Waals surface area contributed by atoms with E-state index in [2.05, 4.69) is 31.2 Å². The van der Waals surface area contributed by atoms with Crippen molar-refractivity contribution in [2.75, 3.05) is 7.11 Å². The van der Waals surface area contributed by atoms with Gasteiger partial charge in [-0.2, -0.15) is 0 Å². The van der Waals surface area contributed by atoms with E-state index < -0.39 is 0 Å². The Hall–Kier alpha value is -2.48. The second kappa shape index (κ2) is 5.25. The molecule has 0 bridgehead atoms. The van der Waals surface area contributed by atoms with E-state index in [-0.39, 0.29) is 0 Å². The Bertz CT molecular complexity index is 749. The van der Waals surface area contributed by atoms with E-state index in [1.807, 2.05) is 36.4 Å². The number of methoxy groups -OCH3 is 1. The lowest BCUT2D eigenvalue weighted by Crippen LogP contribution is -1.81. The highest BCUT2D eigenvalue weighted by Crippen LogP contribution is 2.22. The van der Waals surface area contributed by atoms with Crippen molar-refractivity contribution in [1.82, 2.24) is 0 Å². The summed E-state index contributed by atoms with van der Waals surface area (Å²) in [7, 11) is 1.67. The molecule has 0 saturated carbocycles. The van der Waals surface area contributed by atoms with Crippen molar-refractivity contribution >= 4 is 23.1 Å². The second-order valence-corrected chi connectivity index (χ2v) is 4.80. The Morgan fingerprint density at radius 3 is 2.50 bits per heavy atom. The van der Waals surface area contributed by atoms with Crippen LogP contribution in [-0.4, -0.2) is 7.11 Å². The Morgan fingerprint density at radius 2 is 1.75 bits per heavy atom. The molecule has 2 aromatic carbocycles. The van der Waals surface area contributed by atoms with Crippen molar-refractivity contribution in [3.05, 3.63) is 65.4 Å². The Morgan fingerprint density at radius 1 is 0.950 bits per heavy atom. The lowest BCUT2D eigenvalue weighted by molar-refractivity contribution is 0.415. The maximum absolute atomic E-state index is 5.80. The molecule has 0 unspecified atom stereocenters. The van der Waals surface area contributed by atoms with E-state index in [0.29, 0.717) is 0 Å². The maximum Gasteiger partial charge on any atom is 0.135 e. The third-order valence-corrected chi connectivity index (χ3v) is 3.25. The van der Waals surface area contributed by atoms with Crippen LogP contribution in [0.25, 0.3) is 23.1 Å². The number of ether oxygens (including phenoxy) is 1. The highest BCUT2D eigenvalue weighted by molar-refractivity contribution is 5.82. The molecule has 0 saturated heterocycles. The van der Waals surface area contributed by atoms with Crippen LogP contribution in [0.1, 0.15) is 16.9 Å². The van der Waals surface area contributed by atoms with Crippen LogP contribution >= 0.6 is 0 Å². The first-order chi connectivity index (χ1) is 9.74. The summed E-state index contributed by atoms with van der Waals surface area (Å²) < 4.78 is 10.9. The number of hydrogen-bond donors (Lipinski definition) is 0. The van der Waals surface area contributed by atoms with Gasteiger partial charge in [0.2, 0.25) is 0 Å². The van der Waals surface area contributed by atoms with Crippen molar-refractivity contribution in [3.8, 4) is 5.75 Å². The molecule has 3 rings (SSSR count). The summed E-state index contributed by atoms with van der Waals surface area (Å²) >= 11 is 0. The number of hydrogen-bond acceptors (Lipinski definition) is 2. The third kappa shape index (κ3) is 2.59. The summed E-state index contributed by atoms with van der Waals surface area (Å²) in [5.41, 5.74) is 3.25. The molecule has 20 heavy (non-hydrogen) atoms. The van der Waals surface area contributed by atoms with Gasteiger partial charge < -0.3 is 9.15 Å². The highest BCUT2D eigenvalue weighted by Gasteiger charge is 2.01. The van der Waals surface area contributed by atoms with Gasteiger partial charge in [0, 0.05) is 5.39 Å². The minimum atomic E-state index is 0.862. The fourth-order valence-corrected chi connectivity index (χ4v) is 2.13. The zero-order valence-corrected chi connectivity index (χ0v) is 11.6. The van der Waals surface area contributed by atoms with Gasteiger partial charge in [0.25, 0.3) is 0 Å². The van der Waals surface area contributed by atoms with Gasteiger partial charge in [-0.05, 0) is 48.4 Å². The van der Waals surface area contributed by atoms with Crippen LogP contribution in [-0.2, 0) is 0 Å². The van der Waals surface area contributed by atoms with Crippen molar-refractivity contribution in [3.63, 3.8) is 0 Å². The smallest absolute Gasteiger partial charge is 0.135 e. The normalized spacial score (nSPS) is 11.3. The minimum Gasteiger partial charge on any atom is -0.497 e. The standard InChI is InChI=1S/C18H16O2/c1-13-3-7-15-12-17(20-18(15)11-13)10-6-14-4-8-16(19-2)9-5-14/h3-12H,1-2H3/b10-6+. The van der Waals surface area contributed by atoms with Crippen LogP contribution in [0.2, 0.25) is 0 Å². The van der Waals surface area contributed by atoms with Gasteiger partial charge in [0.1, 0.15) is 17.1 Å². The molecule has 0 spiro atoms. The number of aryl methyl sites for hydroxylation is 1. The molecule has 0 atom stereocenters. The predicted octanol–water partition coefficient (Wildman–Crippen LogP) is 4.92. The fourth-order valence-electron chi connectivity index (χ4n) is 2.13. The zero-order chi connectivity index (χ0) is 13.9. The summed E-state index contributed by atoms with van der Waals surface area (Å²) in [6.07, 6.45) is 4.02. The van der Waals surface area contributed by atoms with Crippen LogP contribution in [0.3, 0.4) is 0 Å². The zero-order valence-electron chi connectivity index (χ0n) is 11.6. The number of benzene rings is 2. The summed E-state index contributed by atoms with van der Waals surface area (Å²) in [6.45, 7) is 2.06. The summed E-state index contributed by atoms with van der Waals surface area (Å²) in [5.74, 6) is 1.72. The molecular weight excluding hydrogens is 248 g/mol. The van der Waals surface area contributed by atoms with Crippen LogP contribution < -0.4 is 4.74 Å². The molecule has 0 amide bonds. The highest BCUT2D eigenvalue weighted by atomic mass is 16.5. The monoisotopic (exact) mass is 264 g/mol. The number of fused-ring (bicyclic) bond motifs is 1. The van der Waals surface area contributed by atoms with Crippen molar-refractivity contribution in [2.45, 2.75) is 6.92 Å². The third-order valence-electron chi connectivity index (χ3n) is 3.25. The summed E-state index contributed by atoms with van der Waals surface area (Å²) in [5, 5.41) is 1.13. The van der Waals surface area contributed by atoms with Gasteiger partial charge in [-0.3, -0.25) is 0 Å². The van der Waals surface area contributed by atoms with Crippen molar-refractivity contribution < 1.29 is 9.15 Å². The van der Waals surface area contributed by atoms with Gasteiger partial charge in [0.15, 0.2) is 0 Å². The lowest BCUT2D eigenvalue weighted by Gasteiger charge is -1.98. The van der Waals surface area contributed by atoms with Gasteiger partial charge in [0.05, 0.1) is 7.11 Å². The molecular formula is C18H16O2. The number of rotatable bonds is 3. The van der Waals surface area contributed by atoms with E-state index in [4.69, 9.17) is 9.15 Å². The van der Waals surface area contributed by atoms with Crippen LogP contribution in [0.4, 0.5) is 0 Å². The predicted molar refractivity (Wildman–Crippen MR) is 82.9 cm³/mol. The van der Waals surface area contributed by atoms with Gasteiger partial charge in [-0.15, -0.1) is 0 Å². The molecule has 3 aromatic rings. The topological polar surface area (TPSA) is 22.4 Å².